The van der Waals surface area contributed by atoms with Crippen LogP contribution in [0.5, 0.6) is 5.75 Å². The highest BCUT2D eigenvalue weighted by molar-refractivity contribution is 5.94. The van der Waals surface area contributed by atoms with Gasteiger partial charge in [-0.3, -0.25) is 10.1 Å². The van der Waals surface area contributed by atoms with Crippen molar-refractivity contribution in [2.24, 2.45) is 5.73 Å². The lowest BCUT2D eigenvalue weighted by molar-refractivity contribution is -0.121. The van der Waals surface area contributed by atoms with Crippen LogP contribution in [0, 0.1) is 6.92 Å². The molecule has 0 fully saturated rings. The number of rotatable bonds is 3. The highest BCUT2D eigenvalue weighted by Gasteiger charge is 2.08. The van der Waals surface area contributed by atoms with E-state index in [9.17, 15) is 9.59 Å². The van der Waals surface area contributed by atoms with Crippen molar-refractivity contribution < 1.29 is 14.3 Å². The highest BCUT2D eigenvalue weighted by atomic mass is 16.5. The summed E-state index contributed by atoms with van der Waals surface area (Å²) in [7, 11) is 0. The molecule has 1 aromatic carbocycles. The predicted octanol–water partition coefficient (Wildman–Crippen LogP) is 0.151. The number of nitrogens with two attached hydrogens (primary N) is 2. The van der Waals surface area contributed by atoms with Gasteiger partial charge in [0.15, 0.2) is 6.61 Å². The number of para-hydroxylation sites is 1. The normalized spacial score (nSPS) is 9.56. The molecule has 6 nitrogen and oxygen atoms in total. The third-order valence-corrected chi connectivity index (χ3v) is 1.85. The van der Waals surface area contributed by atoms with E-state index in [1.165, 1.54) is 0 Å². The molecule has 0 bridgehead atoms. The summed E-state index contributed by atoms with van der Waals surface area (Å²) in [5, 5.41) is 1.89. The zero-order valence-electron chi connectivity index (χ0n) is 8.82. The molecule has 3 amide bonds. The lowest BCUT2D eigenvalue weighted by Crippen LogP contribution is -2.38. The number of aryl methyl sites for hydroxylation is 1. The molecule has 0 atom stereocenters. The average molecular weight is 223 g/mol. The van der Waals surface area contributed by atoms with Crippen molar-refractivity contribution >= 4 is 17.6 Å². The minimum absolute atomic E-state index is 0.308. The van der Waals surface area contributed by atoms with Crippen LogP contribution in [0.1, 0.15) is 5.56 Å². The van der Waals surface area contributed by atoms with E-state index in [1.807, 2.05) is 5.32 Å². The molecule has 0 saturated heterocycles. The molecule has 1 aromatic rings. The van der Waals surface area contributed by atoms with E-state index in [1.54, 1.807) is 25.1 Å². The van der Waals surface area contributed by atoms with Crippen LogP contribution in [-0.2, 0) is 4.79 Å². The molecule has 86 valence electrons. The lowest BCUT2D eigenvalue weighted by atomic mass is 10.2. The maximum atomic E-state index is 11.1. The number of primary amides is 1. The van der Waals surface area contributed by atoms with E-state index in [4.69, 9.17) is 16.2 Å². The van der Waals surface area contributed by atoms with Crippen LogP contribution in [0.3, 0.4) is 0 Å². The highest BCUT2D eigenvalue weighted by Crippen LogP contribution is 2.24. The molecule has 0 spiro atoms. The largest absolute Gasteiger partial charge is 0.481 e. The van der Waals surface area contributed by atoms with Gasteiger partial charge in [0.25, 0.3) is 5.91 Å². The third kappa shape index (κ3) is 3.16. The summed E-state index contributed by atoms with van der Waals surface area (Å²) in [5.41, 5.74) is 11.7. The fourth-order valence-electron chi connectivity index (χ4n) is 1.18. The number of nitrogens with one attached hydrogen (secondary N) is 1. The number of carbonyl (C=O) groups is 2. The molecular weight excluding hydrogens is 210 g/mol. The minimum Gasteiger partial charge on any atom is -0.481 e. The van der Waals surface area contributed by atoms with E-state index in [0.717, 1.165) is 5.56 Å². The summed E-state index contributed by atoms with van der Waals surface area (Å²) >= 11 is 0. The SMILES string of the molecule is Cc1cccc(N)c1OCC(=O)NC(N)=O. The summed E-state index contributed by atoms with van der Waals surface area (Å²) in [6.45, 7) is 1.50. The molecule has 0 saturated carbocycles. The Labute approximate surface area is 92.6 Å². The number of benzene rings is 1. The van der Waals surface area contributed by atoms with Gasteiger partial charge in [-0.2, -0.15) is 0 Å². The van der Waals surface area contributed by atoms with E-state index in [0.29, 0.717) is 11.4 Å². The molecule has 0 unspecified atom stereocenters. The zero-order valence-corrected chi connectivity index (χ0v) is 8.82. The number of nitrogen functional groups attached to an aromatic ring is 1. The van der Waals surface area contributed by atoms with E-state index >= 15 is 0 Å². The van der Waals surface area contributed by atoms with Crippen molar-refractivity contribution in [3.8, 4) is 5.75 Å². The van der Waals surface area contributed by atoms with Gasteiger partial charge in [-0.15, -0.1) is 0 Å². The second kappa shape index (κ2) is 5.01. The Kier molecular flexibility index (Phi) is 3.71. The molecule has 0 aliphatic rings. The number of anilines is 1. The van der Waals surface area contributed by atoms with Crippen molar-refractivity contribution in [3.05, 3.63) is 23.8 Å². The first-order chi connectivity index (χ1) is 7.50. The molecule has 0 aliphatic carbocycles. The Balaban J connectivity index is 2.61. The summed E-state index contributed by atoms with van der Waals surface area (Å²) in [6.07, 6.45) is 0. The summed E-state index contributed by atoms with van der Waals surface area (Å²) in [5.74, 6) is -0.183. The van der Waals surface area contributed by atoms with Crippen molar-refractivity contribution in [1.82, 2.24) is 5.32 Å². The number of hydrogen-bond acceptors (Lipinski definition) is 4. The topological polar surface area (TPSA) is 107 Å². The van der Waals surface area contributed by atoms with Crippen LogP contribution in [0.2, 0.25) is 0 Å². The number of urea groups is 1. The first-order valence-electron chi connectivity index (χ1n) is 4.58. The second-order valence-corrected chi connectivity index (χ2v) is 3.19. The Morgan fingerprint density at radius 3 is 2.69 bits per heavy atom. The quantitative estimate of drug-likeness (QED) is 0.634. The molecule has 1 rings (SSSR count). The van der Waals surface area contributed by atoms with Crippen LogP contribution < -0.4 is 21.5 Å². The van der Waals surface area contributed by atoms with E-state index in [2.05, 4.69) is 0 Å². The molecule has 0 heterocycles. The Morgan fingerprint density at radius 2 is 2.12 bits per heavy atom. The van der Waals surface area contributed by atoms with Gasteiger partial charge in [0.2, 0.25) is 0 Å². The standard InChI is InChI=1S/C10H13N3O3/c1-6-3-2-4-7(11)9(6)16-5-8(14)13-10(12)15/h2-4H,5,11H2,1H3,(H3,12,13,14,15). The molecule has 16 heavy (non-hydrogen) atoms. The number of hydrogen-bond donors (Lipinski definition) is 3. The maximum Gasteiger partial charge on any atom is 0.318 e. The number of ether oxygens (including phenoxy) is 1. The molecule has 6 heteroatoms. The molecular formula is C10H13N3O3. The fraction of sp³-hybridized carbons (Fsp3) is 0.200. The number of amides is 3. The number of imide groups is 1. The van der Waals surface area contributed by atoms with Crippen LogP contribution in [0.25, 0.3) is 0 Å². The van der Waals surface area contributed by atoms with Gasteiger partial charge in [0.1, 0.15) is 5.75 Å². The Hall–Kier alpha value is -2.24. The van der Waals surface area contributed by atoms with Crippen LogP contribution in [-0.4, -0.2) is 18.5 Å². The van der Waals surface area contributed by atoms with E-state index < -0.39 is 11.9 Å². The predicted molar refractivity (Wildman–Crippen MR) is 58.8 cm³/mol. The van der Waals surface area contributed by atoms with Gasteiger partial charge in [-0.05, 0) is 18.6 Å². The second-order valence-electron chi connectivity index (χ2n) is 3.19. The van der Waals surface area contributed by atoms with Gasteiger partial charge in [0, 0.05) is 0 Å². The van der Waals surface area contributed by atoms with Gasteiger partial charge in [-0.25, -0.2) is 4.79 Å². The Morgan fingerprint density at radius 1 is 1.44 bits per heavy atom. The molecule has 0 aliphatic heterocycles. The van der Waals surface area contributed by atoms with Gasteiger partial charge in [0.05, 0.1) is 5.69 Å². The number of carbonyl (C=O) groups excluding carboxylic acids is 2. The van der Waals surface area contributed by atoms with E-state index in [-0.39, 0.29) is 6.61 Å². The molecule has 0 radical (unpaired) electrons. The van der Waals surface area contributed by atoms with Gasteiger partial charge in [-0.1, -0.05) is 12.1 Å². The maximum absolute atomic E-state index is 11.1. The minimum atomic E-state index is -0.911. The lowest BCUT2D eigenvalue weighted by Gasteiger charge is -2.10. The average Bonchev–Trinajstić information content (AvgIpc) is 2.15. The van der Waals surface area contributed by atoms with Gasteiger partial charge >= 0.3 is 6.03 Å². The first-order valence-corrected chi connectivity index (χ1v) is 4.58. The van der Waals surface area contributed by atoms with Crippen LogP contribution in [0.4, 0.5) is 10.5 Å². The Bertz CT molecular complexity index is 398. The van der Waals surface area contributed by atoms with Crippen molar-refractivity contribution in [2.45, 2.75) is 6.92 Å². The first kappa shape index (κ1) is 11.8. The van der Waals surface area contributed by atoms with Crippen LogP contribution in [0.15, 0.2) is 18.2 Å². The zero-order chi connectivity index (χ0) is 12.1. The van der Waals surface area contributed by atoms with Gasteiger partial charge < -0.3 is 16.2 Å². The summed E-state index contributed by atoms with van der Waals surface area (Å²) < 4.78 is 5.19. The smallest absolute Gasteiger partial charge is 0.318 e. The molecule has 5 N–H and O–H groups in total. The van der Waals surface area contributed by atoms with Crippen LogP contribution >= 0.6 is 0 Å². The fourth-order valence-corrected chi connectivity index (χ4v) is 1.18. The summed E-state index contributed by atoms with van der Waals surface area (Å²) in [4.78, 5) is 21.4. The van der Waals surface area contributed by atoms with Crippen molar-refractivity contribution in [2.75, 3.05) is 12.3 Å². The summed E-state index contributed by atoms with van der Waals surface area (Å²) in [6, 6.07) is 4.33. The third-order valence-electron chi connectivity index (χ3n) is 1.85. The molecule has 0 aromatic heterocycles. The van der Waals surface area contributed by atoms with Crippen molar-refractivity contribution in [3.63, 3.8) is 0 Å². The van der Waals surface area contributed by atoms with Crippen molar-refractivity contribution in [1.29, 1.82) is 0 Å². The monoisotopic (exact) mass is 223 g/mol.